The van der Waals surface area contributed by atoms with Crippen molar-refractivity contribution in [3.8, 4) is 0 Å². The van der Waals surface area contributed by atoms with Gasteiger partial charge in [-0.1, -0.05) is 11.6 Å². The van der Waals surface area contributed by atoms with Crippen molar-refractivity contribution in [1.82, 2.24) is 10.6 Å². The van der Waals surface area contributed by atoms with Crippen LogP contribution in [0.4, 0.5) is 0 Å². The summed E-state index contributed by atoms with van der Waals surface area (Å²) in [5.74, 6) is 1.81. The lowest BCUT2D eigenvalue weighted by Gasteiger charge is -2.27. The van der Waals surface area contributed by atoms with Crippen LogP contribution in [0.1, 0.15) is 32.6 Å². The number of hydrogen-bond acceptors (Lipinski definition) is 3. The van der Waals surface area contributed by atoms with Crippen molar-refractivity contribution < 1.29 is 5.11 Å². The molecule has 0 aromatic heterocycles. The highest BCUT2D eigenvalue weighted by molar-refractivity contribution is 7.99. The quantitative estimate of drug-likeness (QED) is 0.317. The number of thioether (sulfide) groups is 1. The van der Waals surface area contributed by atoms with E-state index < -0.39 is 0 Å². The van der Waals surface area contributed by atoms with E-state index in [1.54, 1.807) is 11.8 Å². The molecule has 0 radical (unpaired) electrons. The monoisotopic (exact) mass is 355 g/mol. The molecule has 0 amide bonds. The van der Waals surface area contributed by atoms with Crippen LogP contribution in [-0.4, -0.2) is 42.1 Å². The zero-order chi connectivity index (χ0) is 16.5. The Kier molecular flexibility index (Phi) is 8.06. The average Bonchev–Trinajstić information content (AvgIpc) is 2.55. The van der Waals surface area contributed by atoms with Gasteiger partial charge in [0.05, 0.1) is 12.6 Å². The van der Waals surface area contributed by atoms with Gasteiger partial charge >= 0.3 is 0 Å². The van der Waals surface area contributed by atoms with Gasteiger partial charge in [0.25, 0.3) is 0 Å². The van der Waals surface area contributed by atoms with E-state index >= 15 is 0 Å². The number of halogens is 1. The molecule has 4 nitrogen and oxygen atoms in total. The number of aliphatic hydroxyl groups is 1. The maximum Gasteiger partial charge on any atom is 0.191 e. The van der Waals surface area contributed by atoms with Crippen LogP contribution in [0.5, 0.6) is 0 Å². The summed E-state index contributed by atoms with van der Waals surface area (Å²) < 4.78 is 0. The minimum absolute atomic E-state index is 0.122. The number of aliphatic imine (C=N–C) groups is 1. The standard InChI is InChI=1S/C17H26ClN3OS/c1-2-19-17(21-14-5-7-15(22)8-6-14)20-11-12-23-16-9-3-13(18)4-10-16/h3-4,9-10,14-15,22H,2,5-8,11-12H2,1H3,(H2,19,20,21). The second-order valence-corrected chi connectivity index (χ2v) is 7.32. The number of nitrogens with one attached hydrogen (secondary N) is 2. The molecule has 1 aliphatic carbocycles. The van der Waals surface area contributed by atoms with Crippen molar-refractivity contribution in [2.45, 2.75) is 49.6 Å². The van der Waals surface area contributed by atoms with E-state index in [9.17, 15) is 5.11 Å². The Balaban J connectivity index is 1.75. The molecule has 1 saturated carbocycles. The van der Waals surface area contributed by atoms with E-state index in [0.717, 1.165) is 55.5 Å². The average molecular weight is 356 g/mol. The van der Waals surface area contributed by atoms with E-state index in [1.165, 1.54) is 4.90 Å². The van der Waals surface area contributed by atoms with Crippen molar-refractivity contribution in [3.05, 3.63) is 29.3 Å². The first-order chi connectivity index (χ1) is 11.2. The summed E-state index contributed by atoms with van der Waals surface area (Å²) in [6, 6.07) is 8.31. The lowest BCUT2D eigenvalue weighted by molar-refractivity contribution is 0.120. The molecule has 23 heavy (non-hydrogen) atoms. The molecule has 1 aromatic rings. The van der Waals surface area contributed by atoms with E-state index in [2.05, 4.69) is 22.5 Å². The molecule has 1 aliphatic rings. The third-order valence-electron chi connectivity index (χ3n) is 3.83. The van der Waals surface area contributed by atoms with Gasteiger partial charge in [-0.25, -0.2) is 0 Å². The molecular formula is C17H26ClN3OS. The zero-order valence-electron chi connectivity index (χ0n) is 13.6. The van der Waals surface area contributed by atoms with Crippen molar-refractivity contribution >= 4 is 29.3 Å². The normalized spacial score (nSPS) is 22.0. The van der Waals surface area contributed by atoms with Crippen LogP contribution in [0.15, 0.2) is 34.2 Å². The number of rotatable bonds is 6. The molecule has 1 fully saturated rings. The molecule has 128 valence electrons. The molecule has 0 bridgehead atoms. The van der Waals surface area contributed by atoms with E-state index in [1.807, 2.05) is 24.3 Å². The molecule has 0 saturated heterocycles. The Labute approximate surface area is 148 Å². The Hall–Kier alpha value is -0.910. The summed E-state index contributed by atoms with van der Waals surface area (Å²) in [5.41, 5.74) is 0. The van der Waals surface area contributed by atoms with Crippen LogP contribution in [0.3, 0.4) is 0 Å². The SMILES string of the molecule is CCNC(=NCCSc1ccc(Cl)cc1)NC1CCC(O)CC1. The maximum absolute atomic E-state index is 9.58. The second-order valence-electron chi connectivity index (χ2n) is 5.71. The largest absolute Gasteiger partial charge is 0.393 e. The topological polar surface area (TPSA) is 56.7 Å². The minimum atomic E-state index is -0.122. The van der Waals surface area contributed by atoms with E-state index in [-0.39, 0.29) is 6.10 Å². The first kappa shape index (κ1) is 18.4. The fourth-order valence-corrected chi connectivity index (χ4v) is 3.46. The van der Waals surface area contributed by atoms with Gasteiger partial charge in [0.2, 0.25) is 0 Å². The van der Waals surface area contributed by atoms with Gasteiger partial charge in [-0.15, -0.1) is 11.8 Å². The Bertz CT molecular complexity index is 487. The van der Waals surface area contributed by atoms with Crippen LogP contribution >= 0.6 is 23.4 Å². The lowest BCUT2D eigenvalue weighted by Crippen LogP contribution is -2.45. The fraction of sp³-hybridized carbons (Fsp3) is 0.588. The summed E-state index contributed by atoms with van der Waals surface area (Å²) in [5, 5.41) is 17.1. The predicted molar refractivity (Wildman–Crippen MR) is 99.6 cm³/mol. The molecule has 0 unspecified atom stereocenters. The maximum atomic E-state index is 9.58. The highest BCUT2D eigenvalue weighted by atomic mass is 35.5. The second kappa shape index (κ2) is 10.1. The molecule has 0 atom stereocenters. The van der Waals surface area contributed by atoms with Crippen LogP contribution in [0.2, 0.25) is 5.02 Å². The van der Waals surface area contributed by atoms with Gasteiger partial charge in [-0.2, -0.15) is 0 Å². The molecule has 0 heterocycles. The fourth-order valence-electron chi connectivity index (χ4n) is 2.59. The summed E-state index contributed by atoms with van der Waals surface area (Å²) in [6.07, 6.45) is 3.65. The van der Waals surface area contributed by atoms with Gasteiger partial charge in [0.15, 0.2) is 5.96 Å². The smallest absolute Gasteiger partial charge is 0.191 e. The number of benzene rings is 1. The minimum Gasteiger partial charge on any atom is -0.393 e. The summed E-state index contributed by atoms with van der Waals surface area (Å²) in [7, 11) is 0. The molecule has 2 rings (SSSR count). The third-order valence-corrected chi connectivity index (χ3v) is 5.07. The number of hydrogen-bond donors (Lipinski definition) is 3. The van der Waals surface area contributed by atoms with E-state index in [4.69, 9.17) is 11.6 Å². The molecule has 1 aromatic carbocycles. The summed E-state index contributed by atoms with van der Waals surface area (Å²) in [4.78, 5) is 5.86. The summed E-state index contributed by atoms with van der Waals surface area (Å²) >= 11 is 7.67. The van der Waals surface area contributed by atoms with Crippen LogP contribution in [-0.2, 0) is 0 Å². The Morgan fingerprint density at radius 1 is 1.26 bits per heavy atom. The summed E-state index contributed by atoms with van der Waals surface area (Å²) in [6.45, 7) is 3.69. The van der Waals surface area contributed by atoms with Crippen LogP contribution in [0, 0.1) is 0 Å². The highest BCUT2D eigenvalue weighted by Crippen LogP contribution is 2.20. The Morgan fingerprint density at radius 3 is 2.61 bits per heavy atom. The third kappa shape index (κ3) is 7.02. The van der Waals surface area contributed by atoms with Crippen molar-refractivity contribution in [2.24, 2.45) is 4.99 Å². The van der Waals surface area contributed by atoms with Gasteiger partial charge in [0, 0.05) is 28.3 Å². The number of nitrogens with zero attached hydrogens (tertiary/aromatic N) is 1. The zero-order valence-corrected chi connectivity index (χ0v) is 15.2. The molecule has 6 heteroatoms. The van der Waals surface area contributed by atoms with Crippen LogP contribution < -0.4 is 10.6 Å². The van der Waals surface area contributed by atoms with Gasteiger partial charge in [-0.05, 0) is 56.9 Å². The van der Waals surface area contributed by atoms with Crippen LogP contribution in [0.25, 0.3) is 0 Å². The van der Waals surface area contributed by atoms with Gasteiger partial charge in [-0.3, -0.25) is 4.99 Å². The molecule has 0 spiro atoms. The molecule has 0 aliphatic heterocycles. The lowest BCUT2D eigenvalue weighted by atomic mass is 9.93. The highest BCUT2D eigenvalue weighted by Gasteiger charge is 2.19. The molecular weight excluding hydrogens is 330 g/mol. The molecule has 3 N–H and O–H groups in total. The van der Waals surface area contributed by atoms with E-state index in [0.29, 0.717) is 6.04 Å². The van der Waals surface area contributed by atoms with Crippen molar-refractivity contribution in [1.29, 1.82) is 0 Å². The Morgan fingerprint density at radius 2 is 1.96 bits per heavy atom. The van der Waals surface area contributed by atoms with Crippen molar-refractivity contribution in [3.63, 3.8) is 0 Å². The van der Waals surface area contributed by atoms with Gasteiger partial charge in [0.1, 0.15) is 0 Å². The first-order valence-electron chi connectivity index (χ1n) is 8.28. The van der Waals surface area contributed by atoms with Crippen molar-refractivity contribution in [2.75, 3.05) is 18.8 Å². The van der Waals surface area contributed by atoms with Gasteiger partial charge < -0.3 is 15.7 Å². The first-order valence-corrected chi connectivity index (χ1v) is 9.65. The number of aliphatic hydroxyl groups excluding tert-OH is 1. The number of guanidine groups is 1. The predicted octanol–water partition coefficient (Wildman–Crippen LogP) is 3.29.